The Bertz CT molecular complexity index is 1070. The average Bonchev–Trinajstić information content (AvgIpc) is 3.07. The van der Waals surface area contributed by atoms with Gasteiger partial charge in [0, 0.05) is 28.4 Å². The number of hydrogen-bond acceptors (Lipinski definition) is 7. The molecule has 3 N–H and O–H groups in total. The smallest absolute Gasteiger partial charge is 0.183 e. The zero-order valence-corrected chi connectivity index (χ0v) is 20.7. The zero-order valence-electron chi connectivity index (χ0n) is 19.2. The second-order valence-corrected chi connectivity index (χ2v) is 10.8. The van der Waals surface area contributed by atoms with Crippen molar-refractivity contribution in [2.24, 2.45) is 5.73 Å². The van der Waals surface area contributed by atoms with Crippen molar-refractivity contribution in [1.29, 1.82) is 0 Å². The summed E-state index contributed by atoms with van der Waals surface area (Å²) in [6, 6.07) is 5.97. The summed E-state index contributed by atoms with van der Waals surface area (Å²) in [5.41, 5.74) is 7.26. The molecule has 0 atom stereocenters. The highest BCUT2D eigenvalue weighted by Gasteiger charge is 2.21. The van der Waals surface area contributed by atoms with Crippen molar-refractivity contribution in [3.63, 3.8) is 0 Å². The van der Waals surface area contributed by atoms with Crippen LogP contribution < -0.4 is 20.5 Å². The molecule has 0 fully saturated rings. The van der Waals surface area contributed by atoms with Gasteiger partial charge in [0.1, 0.15) is 34.4 Å². The van der Waals surface area contributed by atoms with Gasteiger partial charge in [-0.1, -0.05) is 11.6 Å². The Morgan fingerprint density at radius 2 is 1.81 bits per heavy atom. The molecule has 0 radical (unpaired) electrons. The van der Waals surface area contributed by atoms with Gasteiger partial charge in [-0.3, -0.25) is 0 Å². The second kappa shape index (κ2) is 8.81. The molecule has 0 aliphatic carbocycles. The molecule has 0 bridgehead atoms. The molecule has 0 saturated carbocycles. The summed E-state index contributed by atoms with van der Waals surface area (Å²) < 4.78 is 12.1. The third-order valence-electron chi connectivity index (χ3n) is 4.04. The first-order valence-electron chi connectivity index (χ1n) is 10.3. The maximum Gasteiger partial charge on any atom is 0.183 e. The quantitative estimate of drug-likeness (QED) is 0.439. The van der Waals surface area contributed by atoms with Crippen molar-refractivity contribution in [2.75, 3.05) is 11.9 Å². The van der Waals surface area contributed by atoms with Crippen LogP contribution in [0.15, 0.2) is 23.6 Å². The van der Waals surface area contributed by atoms with Gasteiger partial charge < -0.3 is 20.5 Å². The van der Waals surface area contributed by atoms with Crippen molar-refractivity contribution >= 4 is 39.0 Å². The van der Waals surface area contributed by atoms with Crippen LogP contribution in [0.2, 0.25) is 5.02 Å². The second-order valence-electron chi connectivity index (χ2n) is 9.61. The number of fused-ring (bicyclic) bond motifs is 1. The number of aromatic nitrogens is 2. The molecule has 2 aromatic heterocycles. The molecule has 0 aliphatic rings. The van der Waals surface area contributed by atoms with Gasteiger partial charge in [0.25, 0.3) is 0 Å². The van der Waals surface area contributed by atoms with Crippen molar-refractivity contribution in [3.8, 4) is 22.9 Å². The molecule has 0 saturated heterocycles. The van der Waals surface area contributed by atoms with Crippen LogP contribution in [-0.4, -0.2) is 33.8 Å². The van der Waals surface area contributed by atoms with Gasteiger partial charge in [-0.15, -0.1) is 11.3 Å². The largest absolute Gasteiger partial charge is 0.490 e. The number of nitrogens with one attached hydrogen (secondary N) is 1. The van der Waals surface area contributed by atoms with Crippen LogP contribution in [-0.2, 0) is 0 Å². The minimum atomic E-state index is -0.478. The Morgan fingerprint density at radius 3 is 2.42 bits per heavy atom. The Kier molecular flexibility index (Phi) is 6.69. The summed E-state index contributed by atoms with van der Waals surface area (Å²) >= 11 is 8.27. The summed E-state index contributed by atoms with van der Waals surface area (Å²) in [7, 11) is 0. The van der Waals surface area contributed by atoms with E-state index in [1.165, 1.54) is 0 Å². The number of pyridine rings is 1. The first kappa shape index (κ1) is 23.6. The molecule has 1 aromatic carbocycles. The summed E-state index contributed by atoms with van der Waals surface area (Å²) in [6.07, 6.45) is 0. The lowest BCUT2D eigenvalue weighted by molar-refractivity contribution is 0.133. The van der Waals surface area contributed by atoms with Crippen LogP contribution in [0, 0.1) is 0 Å². The number of ether oxygens (including phenoxy) is 2. The van der Waals surface area contributed by atoms with Crippen molar-refractivity contribution in [2.45, 2.75) is 65.6 Å². The molecule has 3 aromatic rings. The number of hydrogen-bond donors (Lipinski definition) is 2. The fourth-order valence-corrected chi connectivity index (χ4v) is 3.95. The van der Waals surface area contributed by atoms with E-state index in [1.54, 1.807) is 11.3 Å². The topological polar surface area (TPSA) is 82.3 Å². The third-order valence-corrected chi connectivity index (χ3v) is 5.18. The van der Waals surface area contributed by atoms with E-state index in [4.69, 9.17) is 31.8 Å². The van der Waals surface area contributed by atoms with E-state index in [2.05, 4.69) is 24.1 Å². The van der Waals surface area contributed by atoms with Crippen LogP contribution >= 0.6 is 22.9 Å². The maximum atomic E-state index is 6.73. The van der Waals surface area contributed by atoms with E-state index >= 15 is 0 Å². The standard InChI is InChI=1S/C23H31ClN4O2S/c1-13(2)26-21-28-16(11-31-21)15-10-18(30-22(3,4)5)14-8-9-17(19(24)20(14)27-15)29-12-23(6,7)25/h8-11,13H,12,25H2,1-7H3,(H,26,28). The fraction of sp³-hybridized carbons (Fsp3) is 0.478. The minimum absolute atomic E-state index is 0.296. The molecule has 168 valence electrons. The van der Waals surface area contributed by atoms with Crippen LogP contribution in [0.1, 0.15) is 48.5 Å². The molecule has 0 spiro atoms. The van der Waals surface area contributed by atoms with Crippen LogP contribution in [0.5, 0.6) is 11.5 Å². The number of anilines is 1. The van der Waals surface area contributed by atoms with E-state index < -0.39 is 5.54 Å². The molecule has 0 aliphatic heterocycles. The predicted molar refractivity (Wildman–Crippen MR) is 131 cm³/mol. The minimum Gasteiger partial charge on any atom is -0.490 e. The molecule has 0 amide bonds. The van der Waals surface area contributed by atoms with Gasteiger partial charge in [-0.2, -0.15) is 0 Å². The molecular formula is C23H31ClN4O2S. The maximum absolute atomic E-state index is 6.73. The molecule has 0 unspecified atom stereocenters. The predicted octanol–water partition coefficient (Wildman–Crippen LogP) is 6.13. The third kappa shape index (κ3) is 6.21. The molecule has 31 heavy (non-hydrogen) atoms. The van der Waals surface area contributed by atoms with Gasteiger partial charge in [0.05, 0.1) is 11.2 Å². The SMILES string of the molecule is CC(C)Nc1nc(-c2cc(OC(C)(C)C)c3ccc(OCC(C)(C)N)c(Cl)c3n2)cs1. The number of rotatable bonds is 7. The van der Waals surface area contributed by atoms with E-state index in [9.17, 15) is 0 Å². The highest BCUT2D eigenvalue weighted by atomic mass is 35.5. The van der Waals surface area contributed by atoms with Crippen molar-refractivity contribution in [1.82, 2.24) is 9.97 Å². The zero-order chi connectivity index (χ0) is 23.0. The lowest BCUT2D eigenvalue weighted by atomic mass is 10.1. The van der Waals surface area contributed by atoms with Gasteiger partial charge in [-0.25, -0.2) is 9.97 Å². The fourth-order valence-electron chi connectivity index (χ4n) is 2.83. The molecule has 3 rings (SSSR count). The van der Waals surface area contributed by atoms with Gasteiger partial charge in [0.15, 0.2) is 5.13 Å². The summed E-state index contributed by atoms with van der Waals surface area (Å²) in [6.45, 7) is 14.3. The van der Waals surface area contributed by atoms with E-state index in [0.29, 0.717) is 40.4 Å². The Balaban J connectivity index is 2.11. The van der Waals surface area contributed by atoms with E-state index in [1.807, 2.05) is 58.2 Å². The van der Waals surface area contributed by atoms with Gasteiger partial charge >= 0.3 is 0 Å². The summed E-state index contributed by atoms with van der Waals surface area (Å²) in [5, 5.41) is 7.40. The molecular weight excluding hydrogens is 432 g/mol. The normalized spacial score (nSPS) is 12.5. The Hall–Kier alpha value is -2.09. The lowest BCUT2D eigenvalue weighted by Crippen LogP contribution is -2.38. The van der Waals surface area contributed by atoms with Crippen molar-refractivity contribution < 1.29 is 9.47 Å². The van der Waals surface area contributed by atoms with Gasteiger partial charge in [0.2, 0.25) is 0 Å². The van der Waals surface area contributed by atoms with Gasteiger partial charge in [-0.05, 0) is 60.6 Å². The molecule has 8 heteroatoms. The average molecular weight is 463 g/mol. The Morgan fingerprint density at radius 1 is 1.10 bits per heavy atom. The summed E-state index contributed by atoms with van der Waals surface area (Å²) in [5.74, 6) is 1.24. The lowest BCUT2D eigenvalue weighted by Gasteiger charge is -2.23. The van der Waals surface area contributed by atoms with Crippen LogP contribution in [0.25, 0.3) is 22.3 Å². The highest BCUT2D eigenvalue weighted by Crippen LogP contribution is 2.39. The molecule has 2 heterocycles. The van der Waals surface area contributed by atoms with E-state index in [-0.39, 0.29) is 5.60 Å². The number of thiazole rings is 1. The Labute approximate surface area is 193 Å². The number of halogens is 1. The monoisotopic (exact) mass is 462 g/mol. The first-order chi connectivity index (χ1) is 14.3. The van der Waals surface area contributed by atoms with E-state index in [0.717, 1.165) is 16.2 Å². The first-order valence-corrected chi connectivity index (χ1v) is 11.5. The molecule has 6 nitrogen and oxygen atoms in total. The number of nitrogens with zero attached hydrogens (tertiary/aromatic N) is 2. The van der Waals surface area contributed by atoms with Crippen LogP contribution in [0.4, 0.5) is 5.13 Å². The van der Waals surface area contributed by atoms with Crippen LogP contribution in [0.3, 0.4) is 0 Å². The number of benzene rings is 1. The highest BCUT2D eigenvalue weighted by molar-refractivity contribution is 7.14. The summed E-state index contributed by atoms with van der Waals surface area (Å²) in [4.78, 5) is 9.51. The van der Waals surface area contributed by atoms with Crippen molar-refractivity contribution in [3.05, 3.63) is 28.6 Å². The number of nitrogens with two attached hydrogens (primary N) is 1.